The summed E-state index contributed by atoms with van der Waals surface area (Å²) >= 11 is 0. The number of hydrogen-bond donors (Lipinski definition) is 0. The summed E-state index contributed by atoms with van der Waals surface area (Å²) in [6, 6.07) is 24.0. The van der Waals surface area contributed by atoms with Crippen LogP contribution >= 0.6 is 0 Å². The molecule has 9 nitrogen and oxygen atoms in total. The quantitative estimate of drug-likeness (QED) is 0.274. The van der Waals surface area contributed by atoms with Crippen molar-refractivity contribution in [2.24, 2.45) is 0 Å². The van der Waals surface area contributed by atoms with Crippen molar-refractivity contribution < 1.29 is 14.2 Å². The van der Waals surface area contributed by atoms with Crippen LogP contribution in [0.2, 0.25) is 0 Å². The highest BCUT2D eigenvalue weighted by Gasteiger charge is 2.38. The van der Waals surface area contributed by atoms with E-state index in [2.05, 4.69) is 19.1 Å². The lowest BCUT2D eigenvalue weighted by Gasteiger charge is -2.26. The maximum Gasteiger partial charge on any atom is 0.230 e. The Balaban J connectivity index is 1.50. The van der Waals surface area contributed by atoms with E-state index in [0.29, 0.717) is 34.7 Å². The van der Waals surface area contributed by atoms with Crippen molar-refractivity contribution in [2.75, 3.05) is 14.2 Å². The minimum absolute atomic E-state index is 0.304. The molecule has 0 fully saturated rings. The van der Waals surface area contributed by atoms with Gasteiger partial charge in [0.15, 0.2) is 23.0 Å². The normalized spacial score (nSPS) is 13.9. The van der Waals surface area contributed by atoms with E-state index in [1.54, 1.807) is 25.1 Å². The Labute approximate surface area is 230 Å². The first-order chi connectivity index (χ1) is 19.6. The van der Waals surface area contributed by atoms with Crippen LogP contribution in [-0.4, -0.2) is 43.6 Å². The van der Waals surface area contributed by atoms with Crippen LogP contribution in [-0.2, 0) is 0 Å². The number of fused-ring (bicyclic) bond motifs is 4. The highest BCUT2D eigenvalue weighted by molar-refractivity contribution is 5.69. The number of benzene rings is 3. The molecule has 198 valence electrons. The van der Waals surface area contributed by atoms with Crippen LogP contribution in [0.1, 0.15) is 33.9 Å². The van der Waals surface area contributed by atoms with Gasteiger partial charge in [-0.15, -0.1) is 5.10 Å². The summed E-state index contributed by atoms with van der Waals surface area (Å²) in [7, 11) is 3.26. The van der Waals surface area contributed by atoms with Crippen molar-refractivity contribution in [2.45, 2.75) is 19.8 Å². The average molecular weight is 531 g/mol. The molecule has 0 N–H and O–H groups in total. The fourth-order valence-electron chi connectivity index (χ4n) is 5.39. The van der Waals surface area contributed by atoms with Crippen LogP contribution in [0, 0.1) is 13.8 Å². The third-order valence-corrected chi connectivity index (χ3v) is 7.24. The van der Waals surface area contributed by atoms with Gasteiger partial charge in [-0.3, -0.25) is 0 Å². The molecule has 0 saturated carbocycles. The van der Waals surface area contributed by atoms with Gasteiger partial charge in [0.1, 0.15) is 6.33 Å². The van der Waals surface area contributed by atoms with E-state index in [1.165, 1.54) is 0 Å². The van der Waals surface area contributed by atoms with Crippen LogP contribution in [0.3, 0.4) is 0 Å². The molecule has 0 spiro atoms. The lowest BCUT2D eigenvalue weighted by Crippen LogP contribution is -2.16. The number of rotatable bonds is 5. The lowest BCUT2D eigenvalue weighted by atomic mass is 9.84. The zero-order valence-electron chi connectivity index (χ0n) is 22.5. The van der Waals surface area contributed by atoms with Crippen LogP contribution in [0.25, 0.3) is 22.7 Å². The molecule has 0 aliphatic carbocycles. The Morgan fingerprint density at radius 3 is 2.42 bits per heavy atom. The van der Waals surface area contributed by atoms with Gasteiger partial charge in [-0.2, -0.15) is 5.10 Å². The Morgan fingerprint density at radius 1 is 0.825 bits per heavy atom. The van der Waals surface area contributed by atoms with Crippen molar-refractivity contribution >= 4 is 5.65 Å². The van der Waals surface area contributed by atoms with Gasteiger partial charge >= 0.3 is 0 Å². The van der Waals surface area contributed by atoms with Crippen LogP contribution in [0.5, 0.6) is 23.3 Å². The summed E-state index contributed by atoms with van der Waals surface area (Å²) in [6.07, 6.45) is 1.65. The first-order valence-electron chi connectivity index (χ1n) is 12.9. The van der Waals surface area contributed by atoms with E-state index in [-0.39, 0.29) is 5.92 Å². The van der Waals surface area contributed by atoms with Gasteiger partial charge in [0.05, 0.1) is 42.6 Å². The topological polar surface area (TPSA) is 88.6 Å². The zero-order chi connectivity index (χ0) is 27.4. The maximum atomic E-state index is 6.53. The van der Waals surface area contributed by atoms with Gasteiger partial charge in [-0.1, -0.05) is 48.0 Å². The summed E-state index contributed by atoms with van der Waals surface area (Å²) in [5.41, 5.74) is 7.18. The fourth-order valence-corrected chi connectivity index (χ4v) is 5.39. The summed E-state index contributed by atoms with van der Waals surface area (Å²) in [5, 5.41) is 9.68. The minimum atomic E-state index is -0.304. The van der Waals surface area contributed by atoms with Crippen molar-refractivity contribution in [3.05, 3.63) is 107 Å². The second-order valence-electron chi connectivity index (χ2n) is 9.74. The summed E-state index contributed by atoms with van der Waals surface area (Å²) in [4.78, 5) is 9.71. The largest absolute Gasteiger partial charge is 0.493 e. The fraction of sp³-hybridized carbons (Fsp3) is 0.161. The third kappa shape index (κ3) is 3.70. The molecule has 0 bridgehead atoms. The lowest BCUT2D eigenvalue weighted by molar-refractivity contribution is 0.354. The molecule has 4 heterocycles. The first-order valence-corrected chi connectivity index (χ1v) is 12.9. The monoisotopic (exact) mass is 530 g/mol. The van der Waals surface area contributed by atoms with Crippen molar-refractivity contribution in [3.63, 3.8) is 0 Å². The molecule has 1 aliphatic rings. The first kappa shape index (κ1) is 23.9. The standard InChI is InChI=1S/C31H26N6O3/c1-18-9-8-10-21(15-18)28-33-29-27-26(20-13-14-23(38-3)24(16-20)39-4)25-19(2)34-37(22-11-6-5-7-12-22)31(25)40-30(27)32-17-36(29)35-28/h5-17,26H,1-4H3/t26-/m0/s1. The van der Waals surface area contributed by atoms with Gasteiger partial charge in [0.25, 0.3) is 0 Å². The third-order valence-electron chi connectivity index (χ3n) is 7.24. The van der Waals surface area contributed by atoms with Gasteiger partial charge in [0.2, 0.25) is 11.8 Å². The van der Waals surface area contributed by atoms with E-state index in [4.69, 9.17) is 34.4 Å². The number of aryl methyl sites for hydroxylation is 2. The van der Waals surface area contributed by atoms with Crippen LogP contribution in [0.15, 0.2) is 79.1 Å². The van der Waals surface area contributed by atoms with E-state index in [1.807, 2.05) is 72.3 Å². The van der Waals surface area contributed by atoms with Gasteiger partial charge in [-0.05, 0) is 49.7 Å². The minimum Gasteiger partial charge on any atom is -0.493 e. The van der Waals surface area contributed by atoms with Gasteiger partial charge in [-0.25, -0.2) is 19.2 Å². The molecule has 40 heavy (non-hydrogen) atoms. The van der Waals surface area contributed by atoms with Crippen molar-refractivity contribution in [1.82, 2.24) is 29.4 Å². The Kier molecular flexibility index (Phi) is 5.52. The Hall–Kier alpha value is -5.18. The number of hydrogen-bond acceptors (Lipinski definition) is 7. The Bertz CT molecular complexity index is 1890. The molecule has 0 saturated heterocycles. The molecular weight excluding hydrogens is 504 g/mol. The predicted molar refractivity (Wildman–Crippen MR) is 150 cm³/mol. The second-order valence-corrected chi connectivity index (χ2v) is 9.74. The smallest absolute Gasteiger partial charge is 0.230 e. The summed E-state index contributed by atoms with van der Waals surface area (Å²) < 4.78 is 21.3. The molecule has 7 rings (SSSR count). The van der Waals surface area contributed by atoms with E-state index < -0.39 is 0 Å². The zero-order valence-corrected chi connectivity index (χ0v) is 22.5. The number of nitrogens with zero attached hydrogens (tertiary/aromatic N) is 6. The molecule has 3 aromatic heterocycles. The van der Waals surface area contributed by atoms with Gasteiger partial charge < -0.3 is 14.2 Å². The van der Waals surface area contributed by atoms with E-state index >= 15 is 0 Å². The predicted octanol–water partition coefficient (Wildman–Crippen LogP) is 5.90. The number of ether oxygens (including phenoxy) is 3. The summed E-state index contributed by atoms with van der Waals surface area (Å²) in [5.74, 6) is 2.67. The Morgan fingerprint density at radius 2 is 1.65 bits per heavy atom. The SMILES string of the molecule is COc1ccc([C@H]2c3c(C)nn(-c4ccccc4)c3Oc3ncn4nc(-c5cccc(C)c5)nc4c32)cc1OC. The molecule has 0 amide bonds. The van der Waals surface area contributed by atoms with Gasteiger partial charge in [0, 0.05) is 5.56 Å². The van der Waals surface area contributed by atoms with Crippen molar-refractivity contribution in [1.29, 1.82) is 0 Å². The average Bonchev–Trinajstić information content (AvgIpc) is 3.57. The second kappa shape index (κ2) is 9.23. The van der Waals surface area contributed by atoms with E-state index in [9.17, 15) is 0 Å². The van der Waals surface area contributed by atoms with E-state index in [0.717, 1.165) is 39.2 Å². The highest BCUT2D eigenvalue weighted by Crippen LogP contribution is 2.50. The molecule has 6 aromatic rings. The highest BCUT2D eigenvalue weighted by atomic mass is 16.5. The van der Waals surface area contributed by atoms with Crippen molar-refractivity contribution in [3.8, 4) is 40.3 Å². The number of aromatic nitrogens is 6. The maximum absolute atomic E-state index is 6.53. The molecule has 0 radical (unpaired) electrons. The van der Waals surface area contributed by atoms with Crippen LogP contribution < -0.4 is 14.2 Å². The molecule has 3 aromatic carbocycles. The molecule has 0 unspecified atom stereocenters. The summed E-state index contributed by atoms with van der Waals surface area (Å²) in [6.45, 7) is 4.05. The number of methoxy groups -OCH3 is 2. The molecule has 1 aliphatic heterocycles. The molecule has 9 heteroatoms. The molecular formula is C31H26N6O3. The number of para-hydroxylation sites is 1. The van der Waals surface area contributed by atoms with Crippen LogP contribution in [0.4, 0.5) is 0 Å². The molecule has 1 atom stereocenters.